The molecular formula is C17H15ClN2O3. The van der Waals surface area contributed by atoms with Crippen LogP contribution in [-0.2, 0) is 14.3 Å². The quantitative estimate of drug-likeness (QED) is 0.276. The smallest absolute Gasteiger partial charge is 0.348 e. The second kappa shape index (κ2) is 7.73. The van der Waals surface area contributed by atoms with E-state index < -0.39 is 5.97 Å². The van der Waals surface area contributed by atoms with Gasteiger partial charge in [-0.1, -0.05) is 29.8 Å². The first-order chi connectivity index (χ1) is 11.1. The van der Waals surface area contributed by atoms with Gasteiger partial charge in [-0.15, -0.1) is 0 Å². The van der Waals surface area contributed by atoms with Crippen molar-refractivity contribution < 1.29 is 14.3 Å². The molecule has 0 unspecified atom stereocenters. The second-order valence-electron chi connectivity index (χ2n) is 4.81. The van der Waals surface area contributed by atoms with Crippen molar-refractivity contribution in [3.8, 4) is 6.07 Å². The van der Waals surface area contributed by atoms with Crippen LogP contribution in [-0.4, -0.2) is 31.3 Å². The molecule has 0 bridgehead atoms. The number of halogens is 1. The maximum Gasteiger partial charge on any atom is 0.348 e. The average Bonchev–Trinajstić information content (AvgIpc) is 2.54. The lowest BCUT2D eigenvalue weighted by Crippen LogP contribution is -2.11. The van der Waals surface area contributed by atoms with E-state index in [-0.39, 0.29) is 23.9 Å². The van der Waals surface area contributed by atoms with Crippen molar-refractivity contribution in [1.29, 1.82) is 5.26 Å². The van der Waals surface area contributed by atoms with Gasteiger partial charge in [0.25, 0.3) is 0 Å². The van der Waals surface area contributed by atoms with Crippen LogP contribution in [0.4, 0.5) is 0 Å². The SMILES string of the molecule is COCCOC(=O)/C(C#N)=C/c1cc2cccc(C)c2nc1Cl. The zero-order valence-electron chi connectivity index (χ0n) is 12.8. The Labute approximate surface area is 139 Å². The maximum absolute atomic E-state index is 11.9. The average molecular weight is 331 g/mol. The van der Waals surface area contributed by atoms with E-state index >= 15 is 0 Å². The summed E-state index contributed by atoms with van der Waals surface area (Å²) in [5.74, 6) is -0.718. The molecule has 0 N–H and O–H groups in total. The molecule has 118 valence electrons. The standard InChI is InChI=1S/C17H15ClN2O3/c1-11-4-3-5-12-8-13(16(18)20-15(11)12)9-14(10-19)17(21)23-7-6-22-2/h3-5,8-9H,6-7H2,1-2H3/b14-9+. The van der Waals surface area contributed by atoms with E-state index in [1.165, 1.54) is 13.2 Å². The predicted molar refractivity (Wildman–Crippen MR) is 87.9 cm³/mol. The molecule has 0 aliphatic heterocycles. The number of benzene rings is 1. The summed E-state index contributed by atoms with van der Waals surface area (Å²) in [6.45, 7) is 2.29. The number of esters is 1. The molecule has 0 saturated heterocycles. The van der Waals surface area contributed by atoms with Gasteiger partial charge in [-0.25, -0.2) is 9.78 Å². The van der Waals surface area contributed by atoms with Gasteiger partial charge in [0.1, 0.15) is 23.4 Å². The van der Waals surface area contributed by atoms with Gasteiger partial charge in [-0.3, -0.25) is 0 Å². The molecule has 0 radical (unpaired) electrons. The lowest BCUT2D eigenvalue weighted by Gasteiger charge is -2.06. The first-order valence-electron chi connectivity index (χ1n) is 6.90. The van der Waals surface area contributed by atoms with Gasteiger partial charge in [0.05, 0.1) is 12.1 Å². The van der Waals surface area contributed by atoms with Gasteiger partial charge in [0, 0.05) is 18.1 Å². The molecule has 5 nitrogen and oxygen atoms in total. The number of aryl methyl sites for hydroxylation is 1. The van der Waals surface area contributed by atoms with Crippen LogP contribution in [0, 0.1) is 18.3 Å². The molecule has 0 aliphatic rings. The Morgan fingerprint density at radius 3 is 2.91 bits per heavy atom. The Bertz CT molecular complexity index is 809. The van der Waals surface area contributed by atoms with E-state index in [9.17, 15) is 4.79 Å². The van der Waals surface area contributed by atoms with Crippen LogP contribution in [0.1, 0.15) is 11.1 Å². The number of pyridine rings is 1. The van der Waals surface area contributed by atoms with E-state index in [0.717, 1.165) is 16.5 Å². The minimum atomic E-state index is -0.718. The number of methoxy groups -OCH3 is 1. The molecule has 1 heterocycles. The Hall–Kier alpha value is -2.42. The highest BCUT2D eigenvalue weighted by Gasteiger charge is 2.13. The Morgan fingerprint density at radius 2 is 2.22 bits per heavy atom. The Kier molecular flexibility index (Phi) is 5.69. The number of hydrogen-bond acceptors (Lipinski definition) is 5. The van der Waals surface area contributed by atoms with Crippen LogP contribution in [0.5, 0.6) is 0 Å². The van der Waals surface area contributed by atoms with E-state index in [0.29, 0.717) is 5.56 Å². The number of fused-ring (bicyclic) bond motifs is 1. The minimum absolute atomic E-state index is 0.0806. The Balaban J connectivity index is 2.36. The zero-order valence-corrected chi connectivity index (χ0v) is 13.6. The first-order valence-corrected chi connectivity index (χ1v) is 7.28. The summed E-state index contributed by atoms with van der Waals surface area (Å²) < 4.78 is 9.73. The highest BCUT2D eigenvalue weighted by atomic mass is 35.5. The van der Waals surface area contributed by atoms with E-state index in [1.807, 2.05) is 31.2 Å². The molecule has 0 amide bonds. The van der Waals surface area contributed by atoms with Crippen LogP contribution < -0.4 is 0 Å². The number of rotatable bonds is 5. The number of nitrogens with zero attached hydrogens (tertiary/aromatic N) is 2. The third-order valence-corrected chi connectivity index (χ3v) is 3.49. The van der Waals surface area contributed by atoms with Crippen molar-refractivity contribution in [3.63, 3.8) is 0 Å². The molecule has 2 rings (SSSR count). The number of carbonyl (C=O) groups is 1. The fourth-order valence-corrected chi connectivity index (χ4v) is 2.22. The largest absolute Gasteiger partial charge is 0.459 e. The van der Waals surface area contributed by atoms with Gasteiger partial charge in [0.15, 0.2) is 0 Å². The van der Waals surface area contributed by atoms with Gasteiger partial charge in [0.2, 0.25) is 0 Å². The van der Waals surface area contributed by atoms with E-state index in [1.54, 1.807) is 6.07 Å². The summed E-state index contributed by atoms with van der Waals surface area (Å²) in [6, 6.07) is 9.35. The molecule has 2 aromatic rings. The van der Waals surface area contributed by atoms with Crippen LogP contribution in [0.2, 0.25) is 5.15 Å². The molecule has 0 spiro atoms. The molecule has 23 heavy (non-hydrogen) atoms. The van der Waals surface area contributed by atoms with Crippen molar-refractivity contribution >= 4 is 34.5 Å². The summed E-state index contributed by atoms with van der Waals surface area (Å²) in [7, 11) is 1.50. The summed E-state index contributed by atoms with van der Waals surface area (Å²) in [5.41, 5.74) is 2.14. The molecule has 0 saturated carbocycles. The lowest BCUT2D eigenvalue weighted by molar-refractivity contribution is -0.139. The highest BCUT2D eigenvalue weighted by Crippen LogP contribution is 2.24. The first kappa shape index (κ1) is 16.9. The molecule has 1 aromatic carbocycles. The number of nitriles is 1. The van der Waals surface area contributed by atoms with Gasteiger partial charge >= 0.3 is 5.97 Å². The maximum atomic E-state index is 11.9. The minimum Gasteiger partial charge on any atom is -0.459 e. The topological polar surface area (TPSA) is 72.2 Å². The number of aromatic nitrogens is 1. The van der Waals surface area contributed by atoms with Crippen molar-refractivity contribution in [2.75, 3.05) is 20.3 Å². The fraction of sp³-hybridized carbons (Fsp3) is 0.235. The molecule has 0 atom stereocenters. The monoisotopic (exact) mass is 330 g/mol. The molecule has 1 aromatic heterocycles. The lowest BCUT2D eigenvalue weighted by atomic mass is 10.1. The van der Waals surface area contributed by atoms with Gasteiger partial charge < -0.3 is 9.47 Å². The summed E-state index contributed by atoms with van der Waals surface area (Å²) >= 11 is 6.17. The van der Waals surface area contributed by atoms with Crippen LogP contribution >= 0.6 is 11.6 Å². The molecule has 6 heteroatoms. The predicted octanol–water partition coefficient (Wildman–Crippen LogP) is 3.29. The number of carbonyl (C=O) groups excluding carboxylic acids is 1. The second-order valence-corrected chi connectivity index (χ2v) is 5.17. The van der Waals surface area contributed by atoms with Crippen molar-refractivity contribution in [2.45, 2.75) is 6.92 Å². The third-order valence-electron chi connectivity index (χ3n) is 3.19. The zero-order chi connectivity index (χ0) is 16.8. The van der Waals surface area contributed by atoms with Gasteiger partial charge in [-0.05, 0) is 24.6 Å². The molecule has 0 fully saturated rings. The molecule has 0 aliphatic carbocycles. The number of ether oxygens (including phenoxy) is 2. The summed E-state index contributed by atoms with van der Waals surface area (Å²) in [6.07, 6.45) is 1.38. The van der Waals surface area contributed by atoms with Crippen LogP contribution in [0.3, 0.4) is 0 Å². The van der Waals surface area contributed by atoms with Crippen molar-refractivity contribution in [2.24, 2.45) is 0 Å². The van der Waals surface area contributed by atoms with Crippen molar-refractivity contribution in [3.05, 3.63) is 46.1 Å². The number of hydrogen-bond donors (Lipinski definition) is 0. The normalized spacial score (nSPS) is 11.3. The Morgan fingerprint density at radius 1 is 1.43 bits per heavy atom. The number of para-hydroxylation sites is 1. The summed E-state index contributed by atoms with van der Waals surface area (Å²) in [5, 5.41) is 10.3. The van der Waals surface area contributed by atoms with Crippen LogP contribution in [0.15, 0.2) is 29.8 Å². The van der Waals surface area contributed by atoms with Crippen molar-refractivity contribution in [1.82, 2.24) is 4.98 Å². The highest BCUT2D eigenvalue weighted by molar-refractivity contribution is 6.31. The third kappa shape index (κ3) is 4.07. The van der Waals surface area contributed by atoms with E-state index in [4.69, 9.17) is 26.3 Å². The van der Waals surface area contributed by atoms with Crippen LogP contribution in [0.25, 0.3) is 17.0 Å². The van der Waals surface area contributed by atoms with Gasteiger partial charge in [-0.2, -0.15) is 5.26 Å². The summed E-state index contributed by atoms with van der Waals surface area (Å²) in [4.78, 5) is 16.2. The fourth-order valence-electron chi connectivity index (χ4n) is 2.03. The molecular weight excluding hydrogens is 316 g/mol. The van der Waals surface area contributed by atoms with E-state index in [2.05, 4.69) is 4.98 Å².